The predicted octanol–water partition coefficient (Wildman–Crippen LogP) is 1.88. The number of methoxy groups -OCH3 is 1. The Balaban J connectivity index is 2.44. The smallest absolute Gasteiger partial charge is 0.250 e. The zero-order valence-corrected chi connectivity index (χ0v) is 13.1. The zero-order valence-electron chi connectivity index (χ0n) is 13.1. The average molecular weight is 290 g/mol. The first kappa shape index (κ1) is 15.4. The molecule has 2 rings (SSSR count). The van der Waals surface area contributed by atoms with Crippen molar-refractivity contribution in [1.29, 1.82) is 0 Å². The van der Waals surface area contributed by atoms with Gasteiger partial charge in [-0.05, 0) is 43.5 Å². The standard InChI is InChI=1S/C16H22N2O3/c1-9(2)14-16(20)18(11(4)15(19)17-14)13-7-6-12(21-5)8-10(13)3/h6-9,11,14H,1-5H3,(H,17,19). The SMILES string of the molecule is COc1ccc(N2C(=O)C(C(C)C)NC(=O)C2C)c(C)c1. The van der Waals surface area contributed by atoms with Crippen LogP contribution in [0.4, 0.5) is 5.69 Å². The van der Waals surface area contributed by atoms with E-state index in [-0.39, 0.29) is 17.7 Å². The highest BCUT2D eigenvalue weighted by Gasteiger charge is 2.40. The number of anilines is 1. The van der Waals surface area contributed by atoms with Gasteiger partial charge in [0.1, 0.15) is 17.8 Å². The van der Waals surface area contributed by atoms with E-state index in [0.29, 0.717) is 0 Å². The van der Waals surface area contributed by atoms with Crippen LogP contribution in [0.25, 0.3) is 0 Å². The highest BCUT2D eigenvalue weighted by atomic mass is 16.5. The molecule has 0 radical (unpaired) electrons. The molecular weight excluding hydrogens is 268 g/mol. The van der Waals surface area contributed by atoms with Gasteiger partial charge in [0.2, 0.25) is 5.91 Å². The van der Waals surface area contributed by atoms with Gasteiger partial charge in [0.15, 0.2) is 0 Å². The Morgan fingerprint density at radius 2 is 1.95 bits per heavy atom. The lowest BCUT2D eigenvalue weighted by Crippen LogP contribution is -2.64. The van der Waals surface area contributed by atoms with Crippen molar-refractivity contribution in [2.75, 3.05) is 12.0 Å². The largest absolute Gasteiger partial charge is 0.497 e. The van der Waals surface area contributed by atoms with Crippen molar-refractivity contribution in [2.24, 2.45) is 5.92 Å². The lowest BCUT2D eigenvalue weighted by Gasteiger charge is -2.39. The predicted molar refractivity (Wildman–Crippen MR) is 81.4 cm³/mol. The van der Waals surface area contributed by atoms with Crippen LogP contribution in [0, 0.1) is 12.8 Å². The summed E-state index contributed by atoms with van der Waals surface area (Å²) in [5, 5.41) is 2.80. The first-order valence-corrected chi connectivity index (χ1v) is 7.15. The van der Waals surface area contributed by atoms with Gasteiger partial charge in [0, 0.05) is 5.69 Å². The number of carbonyl (C=O) groups excluding carboxylic acids is 2. The number of nitrogens with zero attached hydrogens (tertiary/aromatic N) is 1. The number of nitrogens with one attached hydrogen (secondary N) is 1. The molecular formula is C16H22N2O3. The number of rotatable bonds is 3. The molecule has 1 N–H and O–H groups in total. The van der Waals surface area contributed by atoms with E-state index in [0.717, 1.165) is 17.0 Å². The van der Waals surface area contributed by atoms with Crippen molar-refractivity contribution in [2.45, 2.75) is 39.8 Å². The van der Waals surface area contributed by atoms with E-state index < -0.39 is 12.1 Å². The quantitative estimate of drug-likeness (QED) is 0.924. The van der Waals surface area contributed by atoms with Crippen molar-refractivity contribution in [1.82, 2.24) is 5.32 Å². The summed E-state index contributed by atoms with van der Waals surface area (Å²) in [6, 6.07) is 4.51. The fourth-order valence-corrected chi connectivity index (χ4v) is 2.60. The van der Waals surface area contributed by atoms with Crippen LogP contribution in [-0.2, 0) is 9.59 Å². The van der Waals surface area contributed by atoms with Gasteiger partial charge in [-0.15, -0.1) is 0 Å². The monoisotopic (exact) mass is 290 g/mol. The van der Waals surface area contributed by atoms with Gasteiger partial charge >= 0.3 is 0 Å². The number of aryl methyl sites for hydroxylation is 1. The lowest BCUT2D eigenvalue weighted by atomic mass is 9.97. The Hall–Kier alpha value is -2.04. The zero-order chi connectivity index (χ0) is 15.7. The van der Waals surface area contributed by atoms with E-state index >= 15 is 0 Å². The molecule has 1 aliphatic rings. The van der Waals surface area contributed by atoms with Crippen LogP contribution >= 0.6 is 0 Å². The maximum atomic E-state index is 12.7. The van der Waals surface area contributed by atoms with Crippen LogP contribution in [0.3, 0.4) is 0 Å². The van der Waals surface area contributed by atoms with Crippen molar-refractivity contribution >= 4 is 17.5 Å². The van der Waals surface area contributed by atoms with Crippen LogP contribution in [-0.4, -0.2) is 31.0 Å². The molecule has 1 fully saturated rings. The molecule has 0 saturated carbocycles. The Bertz CT molecular complexity index is 569. The number of carbonyl (C=O) groups is 2. The number of amides is 2. The van der Waals surface area contributed by atoms with E-state index in [9.17, 15) is 9.59 Å². The maximum absolute atomic E-state index is 12.7. The molecule has 1 heterocycles. The van der Waals surface area contributed by atoms with Gasteiger partial charge < -0.3 is 10.1 Å². The van der Waals surface area contributed by atoms with E-state index in [1.54, 1.807) is 25.0 Å². The number of hydrogen-bond donors (Lipinski definition) is 1. The molecule has 5 heteroatoms. The minimum Gasteiger partial charge on any atom is -0.497 e. The van der Waals surface area contributed by atoms with Crippen LogP contribution in [0.15, 0.2) is 18.2 Å². The second-order valence-corrected chi connectivity index (χ2v) is 5.77. The summed E-state index contributed by atoms with van der Waals surface area (Å²) < 4.78 is 5.19. The molecule has 0 bridgehead atoms. The minimum atomic E-state index is -0.514. The first-order valence-electron chi connectivity index (χ1n) is 7.15. The fraction of sp³-hybridized carbons (Fsp3) is 0.500. The molecule has 5 nitrogen and oxygen atoms in total. The van der Waals surface area contributed by atoms with Crippen LogP contribution in [0.1, 0.15) is 26.3 Å². The Morgan fingerprint density at radius 1 is 1.29 bits per heavy atom. The summed E-state index contributed by atoms with van der Waals surface area (Å²) in [7, 11) is 1.60. The molecule has 1 aromatic rings. The lowest BCUT2D eigenvalue weighted by molar-refractivity contribution is -0.134. The van der Waals surface area contributed by atoms with Crippen LogP contribution < -0.4 is 15.0 Å². The Morgan fingerprint density at radius 3 is 2.48 bits per heavy atom. The Kier molecular flexibility index (Phi) is 4.21. The molecule has 1 aromatic carbocycles. The molecule has 0 aliphatic carbocycles. The third kappa shape index (κ3) is 2.73. The molecule has 0 aromatic heterocycles. The molecule has 21 heavy (non-hydrogen) atoms. The molecule has 2 amide bonds. The molecule has 2 unspecified atom stereocenters. The summed E-state index contributed by atoms with van der Waals surface area (Å²) in [4.78, 5) is 26.4. The molecule has 1 aliphatic heterocycles. The molecule has 1 saturated heterocycles. The van der Waals surface area contributed by atoms with Gasteiger partial charge in [-0.2, -0.15) is 0 Å². The van der Waals surface area contributed by atoms with Gasteiger partial charge in [-0.1, -0.05) is 13.8 Å². The molecule has 2 atom stereocenters. The van der Waals surface area contributed by atoms with Crippen molar-refractivity contribution in [3.63, 3.8) is 0 Å². The first-order chi connectivity index (χ1) is 9.86. The fourth-order valence-electron chi connectivity index (χ4n) is 2.60. The second kappa shape index (κ2) is 5.76. The third-order valence-electron chi connectivity index (χ3n) is 3.90. The summed E-state index contributed by atoms with van der Waals surface area (Å²) in [6.45, 7) is 7.51. The van der Waals surface area contributed by atoms with Gasteiger partial charge in [0.25, 0.3) is 5.91 Å². The van der Waals surface area contributed by atoms with Gasteiger partial charge in [-0.25, -0.2) is 0 Å². The molecule has 0 spiro atoms. The van der Waals surface area contributed by atoms with Crippen LogP contribution in [0.5, 0.6) is 5.75 Å². The van der Waals surface area contributed by atoms with Crippen molar-refractivity contribution < 1.29 is 14.3 Å². The van der Waals surface area contributed by atoms with Crippen molar-refractivity contribution in [3.05, 3.63) is 23.8 Å². The highest BCUT2D eigenvalue weighted by molar-refractivity contribution is 6.08. The Labute approximate surface area is 125 Å². The number of piperazine rings is 1. The van der Waals surface area contributed by atoms with Gasteiger partial charge in [-0.3, -0.25) is 14.5 Å². The van der Waals surface area contributed by atoms with Crippen molar-refractivity contribution in [3.8, 4) is 5.75 Å². The van der Waals surface area contributed by atoms with Crippen LogP contribution in [0.2, 0.25) is 0 Å². The normalized spacial score (nSPS) is 22.5. The minimum absolute atomic E-state index is 0.0509. The second-order valence-electron chi connectivity index (χ2n) is 5.77. The van der Waals surface area contributed by atoms with E-state index in [4.69, 9.17) is 4.74 Å². The summed E-state index contributed by atoms with van der Waals surface area (Å²) in [5.74, 6) is 0.599. The number of ether oxygens (including phenoxy) is 1. The molecule has 114 valence electrons. The van der Waals surface area contributed by atoms with E-state index in [1.165, 1.54) is 0 Å². The maximum Gasteiger partial charge on any atom is 0.250 e. The van der Waals surface area contributed by atoms with E-state index in [2.05, 4.69) is 5.32 Å². The highest BCUT2D eigenvalue weighted by Crippen LogP contribution is 2.29. The topological polar surface area (TPSA) is 58.6 Å². The summed E-state index contributed by atoms with van der Waals surface area (Å²) in [6.07, 6.45) is 0. The summed E-state index contributed by atoms with van der Waals surface area (Å²) in [5.41, 5.74) is 1.67. The number of hydrogen-bond acceptors (Lipinski definition) is 3. The summed E-state index contributed by atoms with van der Waals surface area (Å²) >= 11 is 0. The van der Waals surface area contributed by atoms with Gasteiger partial charge in [0.05, 0.1) is 7.11 Å². The van der Waals surface area contributed by atoms with E-state index in [1.807, 2.05) is 32.9 Å². The third-order valence-corrected chi connectivity index (χ3v) is 3.90. The number of benzene rings is 1. The average Bonchev–Trinajstić information content (AvgIpc) is 2.44.